The molecular formula is C16H18N2. The fraction of sp³-hybridized carbons (Fsp3) is 0.250. The third-order valence-corrected chi connectivity index (χ3v) is 3.61. The van der Waals surface area contributed by atoms with Crippen molar-refractivity contribution in [2.45, 2.75) is 19.9 Å². The second-order valence-corrected chi connectivity index (χ2v) is 5.01. The molecule has 1 aliphatic rings. The van der Waals surface area contributed by atoms with Gasteiger partial charge in [-0.15, -0.1) is 0 Å². The van der Waals surface area contributed by atoms with Gasteiger partial charge in [0.05, 0.1) is 11.4 Å². The summed E-state index contributed by atoms with van der Waals surface area (Å²) in [6, 6.07) is 15.0. The Morgan fingerprint density at radius 3 is 2.67 bits per heavy atom. The van der Waals surface area contributed by atoms with Crippen molar-refractivity contribution in [2.75, 3.05) is 17.2 Å². The average molecular weight is 238 g/mol. The zero-order valence-corrected chi connectivity index (χ0v) is 10.7. The average Bonchev–Trinajstić information content (AvgIpc) is 2.77. The molecule has 3 rings (SSSR count). The van der Waals surface area contributed by atoms with Crippen LogP contribution in [-0.2, 0) is 13.0 Å². The monoisotopic (exact) mass is 238 g/mol. The standard InChI is InChI=1S/C16H18N2/c1-12-5-7-13(8-6-12)11-18-10-9-14-3-2-4-15(17)16(14)18/h2-8H,9-11,17H2,1H3. The number of nitrogens with two attached hydrogens (primary N) is 1. The van der Waals surface area contributed by atoms with Gasteiger partial charge in [-0.3, -0.25) is 0 Å². The van der Waals surface area contributed by atoms with Crippen LogP contribution in [0.15, 0.2) is 42.5 Å². The van der Waals surface area contributed by atoms with Crippen molar-refractivity contribution in [2.24, 2.45) is 0 Å². The topological polar surface area (TPSA) is 29.3 Å². The maximum Gasteiger partial charge on any atom is 0.0636 e. The molecule has 2 N–H and O–H groups in total. The van der Waals surface area contributed by atoms with Crippen LogP contribution >= 0.6 is 0 Å². The first-order valence-electron chi connectivity index (χ1n) is 6.42. The Kier molecular flexibility index (Phi) is 2.71. The molecule has 0 saturated carbocycles. The Morgan fingerprint density at radius 2 is 1.89 bits per heavy atom. The van der Waals surface area contributed by atoms with E-state index in [0.29, 0.717) is 0 Å². The molecule has 2 heteroatoms. The molecule has 92 valence electrons. The van der Waals surface area contributed by atoms with Crippen LogP contribution in [0.25, 0.3) is 0 Å². The Hall–Kier alpha value is -1.96. The number of hydrogen-bond donors (Lipinski definition) is 1. The van der Waals surface area contributed by atoms with Gasteiger partial charge in [0, 0.05) is 13.1 Å². The van der Waals surface area contributed by atoms with E-state index in [0.717, 1.165) is 25.2 Å². The van der Waals surface area contributed by atoms with E-state index in [2.05, 4.69) is 42.2 Å². The summed E-state index contributed by atoms with van der Waals surface area (Å²) in [7, 11) is 0. The first-order chi connectivity index (χ1) is 8.74. The summed E-state index contributed by atoms with van der Waals surface area (Å²) < 4.78 is 0. The van der Waals surface area contributed by atoms with Crippen LogP contribution in [0.2, 0.25) is 0 Å². The predicted octanol–water partition coefficient (Wildman–Crippen LogP) is 3.14. The van der Waals surface area contributed by atoms with Crippen LogP contribution in [-0.4, -0.2) is 6.54 Å². The normalized spacial score (nSPS) is 13.7. The molecule has 0 aromatic heterocycles. The summed E-state index contributed by atoms with van der Waals surface area (Å²) in [5.41, 5.74) is 12.3. The molecule has 0 amide bonds. The number of hydrogen-bond acceptors (Lipinski definition) is 2. The predicted molar refractivity (Wildman–Crippen MR) is 76.8 cm³/mol. The van der Waals surface area contributed by atoms with Gasteiger partial charge in [0.15, 0.2) is 0 Å². The molecule has 1 aliphatic heterocycles. The number of anilines is 2. The van der Waals surface area contributed by atoms with Crippen molar-refractivity contribution in [3.05, 3.63) is 59.2 Å². The lowest BCUT2D eigenvalue weighted by Gasteiger charge is -2.21. The summed E-state index contributed by atoms with van der Waals surface area (Å²) in [4.78, 5) is 2.38. The van der Waals surface area contributed by atoms with Crippen molar-refractivity contribution >= 4 is 11.4 Å². The van der Waals surface area contributed by atoms with Gasteiger partial charge in [-0.2, -0.15) is 0 Å². The van der Waals surface area contributed by atoms with Crippen LogP contribution in [0.3, 0.4) is 0 Å². The van der Waals surface area contributed by atoms with E-state index in [1.54, 1.807) is 0 Å². The highest BCUT2D eigenvalue weighted by molar-refractivity contribution is 5.74. The fourth-order valence-corrected chi connectivity index (χ4v) is 2.64. The molecule has 0 fully saturated rings. The minimum Gasteiger partial charge on any atom is -0.397 e. The summed E-state index contributed by atoms with van der Waals surface area (Å²) in [6.07, 6.45) is 1.10. The smallest absolute Gasteiger partial charge is 0.0636 e. The molecule has 0 saturated heterocycles. The number of rotatable bonds is 2. The number of benzene rings is 2. The Balaban J connectivity index is 1.86. The van der Waals surface area contributed by atoms with E-state index in [-0.39, 0.29) is 0 Å². The molecule has 0 radical (unpaired) electrons. The molecule has 0 aliphatic carbocycles. The van der Waals surface area contributed by atoms with Gasteiger partial charge in [-0.05, 0) is 30.5 Å². The first kappa shape index (κ1) is 11.1. The molecular weight excluding hydrogens is 220 g/mol. The molecule has 0 spiro atoms. The van der Waals surface area contributed by atoms with Crippen molar-refractivity contribution in [3.63, 3.8) is 0 Å². The maximum absolute atomic E-state index is 6.10. The molecule has 0 unspecified atom stereocenters. The van der Waals surface area contributed by atoms with Crippen LogP contribution < -0.4 is 10.6 Å². The lowest BCUT2D eigenvalue weighted by atomic mass is 10.1. The quantitative estimate of drug-likeness (QED) is 0.814. The van der Waals surface area contributed by atoms with Crippen molar-refractivity contribution in [1.29, 1.82) is 0 Å². The number of fused-ring (bicyclic) bond motifs is 1. The van der Waals surface area contributed by atoms with Gasteiger partial charge in [0.1, 0.15) is 0 Å². The second kappa shape index (κ2) is 4.37. The van der Waals surface area contributed by atoms with Crippen molar-refractivity contribution in [1.82, 2.24) is 0 Å². The zero-order valence-electron chi connectivity index (χ0n) is 10.7. The van der Waals surface area contributed by atoms with Gasteiger partial charge in [0.2, 0.25) is 0 Å². The third-order valence-electron chi connectivity index (χ3n) is 3.61. The fourth-order valence-electron chi connectivity index (χ4n) is 2.64. The lowest BCUT2D eigenvalue weighted by Crippen LogP contribution is -2.20. The summed E-state index contributed by atoms with van der Waals surface area (Å²) in [6.45, 7) is 4.13. The summed E-state index contributed by atoms with van der Waals surface area (Å²) in [5, 5.41) is 0. The molecule has 2 aromatic rings. The number of para-hydroxylation sites is 1. The highest BCUT2D eigenvalue weighted by Gasteiger charge is 2.20. The largest absolute Gasteiger partial charge is 0.397 e. The Bertz CT molecular complexity index is 558. The van der Waals surface area contributed by atoms with Gasteiger partial charge in [0.25, 0.3) is 0 Å². The van der Waals surface area contributed by atoms with E-state index in [9.17, 15) is 0 Å². The van der Waals surface area contributed by atoms with Crippen LogP contribution in [0.4, 0.5) is 11.4 Å². The van der Waals surface area contributed by atoms with E-state index in [1.807, 2.05) is 12.1 Å². The maximum atomic E-state index is 6.10. The SMILES string of the molecule is Cc1ccc(CN2CCc3cccc(N)c32)cc1. The van der Waals surface area contributed by atoms with E-state index < -0.39 is 0 Å². The Morgan fingerprint density at radius 1 is 1.11 bits per heavy atom. The van der Waals surface area contributed by atoms with Gasteiger partial charge in [-0.1, -0.05) is 42.0 Å². The minimum atomic E-state index is 0.900. The second-order valence-electron chi connectivity index (χ2n) is 5.01. The van der Waals surface area contributed by atoms with Gasteiger partial charge < -0.3 is 10.6 Å². The zero-order chi connectivity index (χ0) is 12.5. The molecule has 0 atom stereocenters. The first-order valence-corrected chi connectivity index (χ1v) is 6.42. The highest BCUT2D eigenvalue weighted by Crippen LogP contribution is 2.34. The van der Waals surface area contributed by atoms with Gasteiger partial charge in [-0.25, -0.2) is 0 Å². The molecule has 2 aromatic carbocycles. The van der Waals surface area contributed by atoms with Crippen LogP contribution in [0.1, 0.15) is 16.7 Å². The molecule has 1 heterocycles. The Labute approximate surface area is 108 Å². The van der Waals surface area contributed by atoms with E-state index in [1.165, 1.54) is 22.4 Å². The number of nitrogens with zero attached hydrogens (tertiary/aromatic N) is 1. The van der Waals surface area contributed by atoms with Crippen molar-refractivity contribution < 1.29 is 0 Å². The molecule has 0 bridgehead atoms. The third kappa shape index (κ3) is 1.94. The summed E-state index contributed by atoms with van der Waals surface area (Å²) in [5.74, 6) is 0. The van der Waals surface area contributed by atoms with Crippen LogP contribution in [0.5, 0.6) is 0 Å². The minimum absolute atomic E-state index is 0.900. The molecule has 18 heavy (non-hydrogen) atoms. The van der Waals surface area contributed by atoms with E-state index >= 15 is 0 Å². The van der Waals surface area contributed by atoms with E-state index in [4.69, 9.17) is 5.73 Å². The number of aryl methyl sites for hydroxylation is 1. The van der Waals surface area contributed by atoms with Crippen molar-refractivity contribution in [3.8, 4) is 0 Å². The van der Waals surface area contributed by atoms with Crippen LogP contribution in [0, 0.1) is 6.92 Å². The molecule has 2 nitrogen and oxygen atoms in total. The lowest BCUT2D eigenvalue weighted by molar-refractivity contribution is 0.836. The number of nitrogen functional groups attached to an aromatic ring is 1. The van der Waals surface area contributed by atoms with Gasteiger partial charge >= 0.3 is 0 Å². The summed E-state index contributed by atoms with van der Waals surface area (Å²) >= 11 is 0. The highest BCUT2D eigenvalue weighted by atomic mass is 15.2.